The van der Waals surface area contributed by atoms with Crippen molar-refractivity contribution in [2.45, 2.75) is 26.4 Å². The Bertz CT molecular complexity index is 1180. The third-order valence-electron chi connectivity index (χ3n) is 5.42. The van der Waals surface area contributed by atoms with Crippen LogP contribution in [0.1, 0.15) is 29.9 Å². The zero-order valence-electron chi connectivity index (χ0n) is 21.6. The molecule has 1 heterocycles. The standard InChI is InChI=1S/C28H31FN2O7/c1-6-8-21(7-2)18(3)24(15-20-9-11-22(29)12-10-20)38-25(33)16-31-28(34)26-27(37-17-36-19(4)32)23(35-5)13-14-30-26/h6-14,18,24H,1-2,15-17H2,3-5H3,(H,31,34)/b21-8+. The lowest BCUT2D eigenvalue weighted by molar-refractivity contribution is -0.149. The number of nitrogens with zero attached hydrogens (tertiary/aromatic N) is 1. The maximum Gasteiger partial charge on any atom is 0.325 e. The Balaban J connectivity index is 2.15. The number of rotatable bonds is 14. The van der Waals surface area contributed by atoms with Gasteiger partial charge in [0.1, 0.15) is 18.5 Å². The van der Waals surface area contributed by atoms with Crippen LogP contribution >= 0.6 is 0 Å². The monoisotopic (exact) mass is 526 g/mol. The molecule has 0 saturated heterocycles. The van der Waals surface area contributed by atoms with Crippen molar-refractivity contribution in [3.05, 3.63) is 90.6 Å². The average molecular weight is 527 g/mol. The van der Waals surface area contributed by atoms with Crippen molar-refractivity contribution in [1.82, 2.24) is 10.3 Å². The van der Waals surface area contributed by atoms with Gasteiger partial charge in [0, 0.05) is 31.5 Å². The van der Waals surface area contributed by atoms with Gasteiger partial charge >= 0.3 is 11.9 Å². The minimum atomic E-state index is -0.736. The molecule has 0 radical (unpaired) electrons. The van der Waals surface area contributed by atoms with Crippen molar-refractivity contribution in [2.24, 2.45) is 5.92 Å². The smallest absolute Gasteiger partial charge is 0.325 e. The van der Waals surface area contributed by atoms with Crippen molar-refractivity contribution in [3.63, 3.8) is 0 Å². The maximum atomic E-state index is 13.4. The first-order valence-electron chi connectivity index (χ1n) is 11.7. The van der Waals surface area contributed by atoms with Gasteiger partial charge in [0.25, 0.3) is 5.91 Å². The molecular weight excluding hydrogens is 495 g/mol. The van der Waals surface area contributed by atoms with Crippen LogP contribution < -0.4 is 14.8 Å². The first kappa shape index (κ1) is 29.8. The second kappa shape index (κ2) is 14.9. The van der Waals surface area contributed by atoms with Crippen LogP contribution in [0.5, 0.6) is 11.5 Å². The molecule has 0 fully saturated rings. The number of methoxy groups -OCH3 is 1. The third-order valence-corrected chi connectivity index (χ3v) is 5.42. The molecule has 1 aromatic carbocycles. The first-order valence-corrected chi connectivity index (χ1v) is 11.7. The Kier molecular flexibility index (Phi) is 11.7. The fourth-order valence-electron chi connectivity index (χ4n) is 3.44. The molecular formula is C28H31FN2O7. The fraction of sp³-hybridized carbons (Fsp3) is 0.286. The normalized spacial score (nSPS) is 12.5. The van der Waals surface area contributed by atoms with Gasteiger partial charge in [0.05, 0.1) is 7.11 Å². The van der Waals surface area contributed by atoms with Crippen molar-refractivity contribution in [3.8, 4) is 11.5 Å². The van der Waals surface area contributed by atoms with Crippen LogP contribution in [-0.4, -0.2) is 49.4 Å². The largest absolute Gasteiger partial charge is 0.493 e. The van der Waals surface area contributed by atoms with Crippen molar-refractivity contribution >= 4 is 17.8 Å². The van der Waals surface area contributed by atoms with E-state index in [0.717, 1.165) is 11.1 Å². The number of aromatic nitrogens is 1. The highest BCUT2D eigenvalue weighted by Crippen LogP contribution is 2.29. The van der Waals surface area contributed by atoms with Gasteiger partial charge < -0.3 is 24.3 Å². The lowest BCUT2D eigenvalue weighted by Gasteiger charge is -2.25. The highest BCUT2D eigenvalue weighted by atomic mass is 19.1. The second-order valence-corrected chi connectivity index (χ2v) is 8.03. The Morgan fingerprint density at radius 3 is 2.47 bits per heavy atom. The molecule has 0 aliphatic heterocycles. The zero-order valence-corrected chi connectivity index (χ0v) is 21.6. The van der Waals surface area contributed by atoms with Gasteiger partial charge in [-0.1, -0.05) is 50.4 Å². The molecule has 0 aliphatic carbocycles. The van der Waals surface area contributed by atoms with Crippen molar-refractivity contribution < 1.29 is 37.7 Å². The molecule has 1 aromatic heterocycles. The van der Waals surface area contributed by atoms with E-state index in [0.29, 0.717) is 6.42 Å². The predicted molar refractivity (Wildman–Crippen MR) is 138 cm³/mol. The number of halogens is 1. The Labute approximate surface area is 220 Å². The van der Waals surface area contributed by atoms with E-state index in [4.69, 9.17) is 18.9 Å². The maximum absolute atomic E-state index is 13.4. The summed E-state index contributed by atoms with van der Waals surface area (Å²) in [5, 5.41) is 2.45. The molecule has 0 bridgehead atoms. The fourth-order valence-corrected chi connectivity index (χ4v) is 3.44. The van der Waals surface area contributed by atoms with E-state index in [2.05, 4.69) is 23.5 Å². The Morgan fingerprint density at radius 1 is 1.16 bits per heavy atom. The number of ether oxygens (including phenoxy) is 4. The summed E-state index contributed by atoms with van der Waals surface area (Å²) in [4.78, 5) is 40.6. The van der Waals surface area contributed by atoms with Crippen LogP contribution in [0, 0.1) is 11.7 Å². The van der Waals surface area contributed by atoms with Crippen molar-refractivity contribution in [2.75, 3.05) is 20.4 Å². The van der Waals surface area contributed by atoms with Crippen LogP contribution in [0.25, 0.3) is 0 Å². The molecule has 0 aliphatic rings. The number of benzene rings is 1. The number of carbonyl (C=O) groups is 3. The number of allylic oxidation sites excluding steroid dienone is 3. The van der Waals surface area contributed by atoms with Crippen LogP contribution in [0.4, 0.5) is 4.39 Å². The van der Waals surface area contributed by atoms with Gasteiger partial charge in [0.15, 0.2) is 17.2 Å². The molecule has 0 saturated carbocycles. The Morgan fingerprint density at radius 2 is 1.87 bits per heavy atom. The van der Waals surface area contributed by atoms with Gasteiger partial charge in [-0.25, -0.2) is 9.37 Å². The van der Waals surface area contributed by atoms with E-state index in [9.17, 15) is 18.8 Å². The molecule has 0 spiro atoms. The number of amides is 1. The van der Waals surface area contributed by atoms with Gasteiger partial charge in [-0.3, -0.25) is 14.4 Å². The van der Waals surface area contributed by atoms with Crippen LogP contribution in [0.3, 0.4) is 0 Å². The van der Waals surface area contributed by atoms with Gasteiger partial charge in [-0.15, -0.1) is 0 Å². The van der Waals surface area contributed by atoms with E-state index >= 15 is 0 Å². The van der Waals surface area contributed by atoms with Gasteiger partial charge in [0.2, 0.25) is 6.79 Å². The molecule has 2 atom stereocenters. The van der Waals surface area contributed by atoms with Crippen LogP contribution in [-0.2, 0) is 25.5 Å². The van der Waals surface area contributed by atoms with Gasteiger partial charge in [-0.2, -0.15) is 0 Å². The second-order valence-electron chi connectivity index (χ2n) is 8.03. The summed E-state index contributed by atoms with van der Waals surface area (Å²) in [5.74, 6) is -2.55. The van der Waals surface area contributed by atoms with E-state index in [1.807, 2.05) is 6.92 Å². The number of carbonyl (C=O) groups excluding carboxylic acids is 3. The van der Waals surface area contributed by atoms with Crippen LogP contribution in [0.2, 0.25) is 0 Å². The average Bonchev–Trinajstić information content (AvgIpc) is 2.90. The SMILES string of the molecule is C=C/C=C(\C=C)C(C)C(Cc1ccc(F)cc1)OC(=O)CNC(=O)c1nccc(OC)c1OCOC(C)=O. The summed E-state index contributed by atoms with van der Waals surface area (Å²) in [6.45, 7) is 9.64. The quantitative estimate of drug-likeness (QED) is 0.224. The molecule has 1 amide bonds. The number of hydrogen-bond acceptors (Lipinski definition) is 8. The summed E-state index contributed by atoms with van der Waals surface area (Å²) >= 11 is 0. The summed E-state index contributed by atoms with van der Waals surface area (Å²) in [6.07, 6.45) is 5.99. The molecule has 38 heavy (non-hydrogen) atoms. The summed E-state index contributed by atoms with van der Waals surface area (Å²) < 4.78 is 34.4. The summed E-state index contributed by atoms with van der Waals surface area (Å²) in [7, 11) is 1.37. The minimum Gasteiger partial charge on any atom is -0.493 e. The minimum absolute atomic E-state index is 0.0601. The lowest BCUT2D eigenvalue weighted by atomic mass is 9.90. The van der Waals surface area contributed by atoms with Crippen molar-refractivity contribution in [1.29, 1.82) is 0 Å². The highest BCUT2D eigenvalue weighted by molar-refractivity contribution is 5.97. The number of nitrogens with one attached hydrogen (secondary N) is 1. The lowest BCUT2D eigenvalue weighted by Crippen LogP contribution is -2.36. The molecule has 2 unspecified atom stereocenters. The van der Waals surface area contributed by atoms with Gasteiger partial charge in [-0.05, 0) is 23.3 Å². The van der Waals surface area contributed by atoms with Crippen LogP contribution in [0.15, 0.2) is 73.5 Å². The number of pyridine rings is 1. The molecule has 202 valence electrons. The molecule has 9 nitrogen and oxygen atoms in total. The van der Waals surface area contributed by atoms with E-state index in [-0.39, 0.29) is 28.9 Å². The molecule has 1 N–H and O–H groups in total. The molecule has 2 rings (SSSR count). The number of hydrogen-bond donors (Lipinski definition) is 1. The highest BCUT2D eigenvalue weighted by Gasteiger charge is 2.25. The third kappa shape index (κ3) is 8.88. The predicted octanol–water partition coefficient (Wildman–Crippen LogP) is 3.95. The molecule has 2 aromatic rings. The number of esters is 2. The molecule has 10 heteroatoms. The summed E-state index contributed by atoms with van der Waals surface area (Å²) in [6, 6.07) is 7.34. The van der Waals surface area contributed by atoms with E-state index in [1.54, 1.807) is 30.4 Å². The Hall–Kier alpha value is -4.47. The topological polar surface area (TPSA) is 113 Å². The first-order chi connectivity index (χ1) is 18.2. The zero-order chi connectivity index (χ0) is 28.1. The summed E-state index contributed by atoms with van der Waals surface area (Å²) in [5.41, 5.74) is 1.37. The van der Waals surface area contributed by atoms with E-state index < -0.39 is 37.3 Å². The van der Waals surface area contributed by atoms with E-state index in [1.165, 1.54) is 38.4 Å².